The maximum Gasteiger partial charge on any atom is 0.276 e. The Labute approximate surface area is 142 Å². The first-order valence-corrected chi connectivity index (χ1v) is 9.62. The molecule has 1 atom stereocenters. The van der Waals surface area contributed by atoms with E-state index in [1.165, 1.54) is 0 Å². The van der Waals surface area contributed by atoms with Gasteiger partial charge >= 0.3 is 0 Å². The summed E-state index contributed by atoms with van der Waals surface area (Å²) < 4.78 is 28.8. The van der Waals surface area contributed by atoms with Crippen molar-refractivity contribution in [3.05, 3.63) is 28.7 Å². The lowest BCUT2D eigenvalue weighted by Gasteiger charge is -2.10. The maximum atomic E-state index is 11.7. The zero-order chi connectivity index (χ0) is 16.9. The molecular formula is C14H17BrN2O5S. The van der Waals surface area contributed by atoms with E-state index in [9.17, 15) is 18.0 Å². The minimum absolute atomic E-state index is 0.0288. The van der Waals surface area contributed by atoms with Crippen molar-refractivity contribution in [3.63, 3.8) is 0 Å². The van der Waals surface area contributed by atoms with Gasteiger partial charge in [0.1, 0.15) is 5.75 Å². The Bertz CT molecular complexity index is 675. The van der Waals surface area contributed by atoms with Crippen LogP contribution < -0.4 is 15.6 Å². The lowest BCUT2D eigenvalue weighted by Crippen LogP contribution is -2.44. The fraction of sp³-hybridized carbons (Fsp3) is 0.429. The number of benzene rings is 1. The van der Waals surface area contributed by atoms with Crippen LogP contribution in [0.2, 0.25) is 0 Å². The molecule has 0 bridgehead atoms. The molecule has 1 fully saturated rings. The van der Waals surface area contributed by atoms with Crippen molar-refractivity contribution in [2.45, 2.75) is 12.8 Å². The molecule has 9 heteroatoms. The summed E-state index contributed by atoms with van der Waals surface area (Å²) in [4.78, 5) is 23.2. The van der Waals surface area contributed by atoms with Crippen LogP contribution in [0.1, 0.15) is 12.8 Å². The van der Waals surface area contributed by atoms with Gasteiger partial charge in [0.05, 0.1) is 11.5 Å². The summed E-state index contributed by atoms with van der Waals surface area (Å²) in [5, 5.41) is 0. The highest BCUT2D eigenvalue weighted by Crippen LogP contribution is 2.21. The van der Waals surface area contributed by atoms with Gasteiger partial charge in [0.15, 0.2) is 16.4 Å². The summed E-state index contributed by atoms with van der Waals surface area (Å²) in [6, 6.07) is 6.97. The third kappa shape index (κ3) is 6.19. The van der Waals surface area contributed by atoms with Crippen LogP contribution in [-0.4, -0.2) is 38.3 Å². The Morgan fingerprint density at radius 2 is 1.83 bits per heavy atom. The summed E-state index contributed by atoms with van der Waals surface area (Å²) >= 11 is 3.29. The van der Waals surface area contributed by atoms with Crippen molar-refractivity contribution in [1.29, 1.82) is 0 Å². The molecule has 1 aliphatic rings. The van der Waals surface area contributed by atoms with E-state index in [1.807, 2.05) is 0 Å². The minimum Gasteiger partial charge on any atom is -0.484 e. The number of carbonyl (C=O) groups excluding carboxylic acids is 2. The van der Waals surface area contributed by atoms with Gasteiger partial charge in [0.25, 0.3) is 5.91 Å². The first kappa shape index (κ1) is 17.7. The van der Waals surface area contributed by atoms with E-state index in [1.54, 1.807) is 24.3 Å². The first-order valence-electron chi connectivity index (χ1n) is 7.00. The molecule has 1 aliphatic heterocycles. The fourth-order valence-corrected chi connectivity index (χ4v) is 4.33. The Morgan fingerprint density at radius 3 is 2.43 bits per heavy atom. The van der Waals surface area contributed by atoms with Crippen LogP contribution >= 0.6 is 15.9 Å². The lowest BCUT2D eigenvalue weighted by molar-refractivity contribution is -0.130. The molecule has 0 aliphatic carbocycles. The van der Waals surface area contributed by atoms with Crippen molar-refractivity contribution in [2.24, 2.45) is 5.92 Å². The number of hydrogen-bond acceptors (Lipinski definition) is 5. The number of halogens is 1. The van der Waals surface area contributed by atoms with Crippen LogP contribution in [-0.2, 0) is 19.4 Å². The van der Waals surface area contributed by atoms with E-state index in [-0.39, 0.29) is 30.5 Å². The second-order valence-electron chi connectivity index (χ2n) is 5.31. The third-order valence-corrected chi connectivity index (χ3v) is 5.69. The predicted octanol–water partition coefficient (Wildman–Crippen LogP) is 0.800. The molecule has 1 aromatic rings. The fourth-order valence-electron chi connectivity index (χ4n) is 2.20. The largest absolute Gasteiger partial charge is 0.484 e. The third-order valence-electron chi connectivity index (χ3n) is 3.33. The monoisotopic (exact) mass is 404 g/mol. The standard InChI is InChI=1S/C14H17BrN2O5S/c15-11-1-3-12(4-2-11)22-8-14(19)17-16-13(18)7-10-5-6-23(20,21)9-10/h1-4,10H,5-9H2,(H,16,18)(H,17,19)/t10-/m1/s1. The second-order valence-corrected chi connectivity index (χ2v) is 8.46. The number of hydrogen-bond donors (Lipinski definition) is 2. The summed E-state index contributed by atoms with van der Waals surface area (Å²) in [7, 11) is -3.01. The number of ether oxygens (including phenoxy) is 1. The molecule has 7 nitrogen and oxygen atoms in total. The molecule has 0 unspecified atom stereocenters. The van der Waals surface area contributed by atoms with Crippen molar-refractivity contribution in [2.75, 3.05) is 18.1 Å². The molecule has 23 heavy (non-hydrogen) atoms. The van der Waals surface area contributed by atoms with E-state index in [0.29, 0.717) is 12.2 Å². The summed E-state index contributed by atoms with van der Waals surface area (Å²) in [6.45, 7) is -0.236. The van der Waals surface area contributed by atoms with E-state index in [0.717, 1.165) is 4.47 Å². The van der Waals surface area contributed by atoms with Gasteiger partial charge in [0, 0.05) is 10.9 Å². The van der Waals surface area contributed by atoms with Gasteiger partial charge in [-0.2, -0.15) is 0 Å². The number of hydrazine groups is 1. The molecule has 1 aromatic carbocycles. The summed E-state index contributed by atoms with van der Waals surface area (Å²) in [5.41, 5.74) is 4.50. The van der Waals surface area contributed by atoms with Gasteiger partial charge in [-0.15, -0.1) is 0 Å². The Balaban J connectivity index is 1.66. The van der Waals surface area contributed by atoms with Gasteiger partial charge in [0.2, 0.25) is 5.91 Å². The van der Waals surface area contributed by atoms with Crippen molar-refractivity contribution >= 4 is 37.6 Å². The van der Waals surface area contributed by atoms with E-state index < -0.39 is 21.7 Å². The van der Waals surface area contributed by atoms with Crippen LogP contribution in [0.4, 0.5) is 0 Å². The summed E-state index contributed by atoms with van der Waals surface area (Å²) in [5.74, 6) is -0.412. The second kappa shape index (κ2) is 7.78. The topological polar surface area (TPSA) is 102 Å². The number of carbonyl (C=O) groups is 2. The van der Waals surface area contributed by atoms with Gasteiger partial charge in [-0.05, 0) is 36.6 Å². The predicted molar refractivity (Wildman–Crippen MR) is 87.3 cm³/mol. The molecule has 2 amide bonds. The number of amides is 2. The number of sulfone groups is 1. The van der Waals surface area contributed by atoms with Crippen molar-refractivity contribution < 1.29 is 22.7 Å². The van der Waals surface area contributed by atoms with Crippen LogP contribution in [0, 0.1) is 5.92 Å². The molecule has 126 valence electrons. The minimum atomic E-state index is -3.01. The van der Waals surface area contributed by atoms with Crippen molar-refractivity contribution in [3.8, 4) is 5.75 Å². The normalized spacial score (nSPS) is 19.1. The number of rotatable bonds is 5. The average Bonchev–Trinajstić information content (AvgIpc) is 2.83. The van der Waals surface area contributed by atoms with Crippen LogP contribution in [0.3, 0.4) is 0 Å². The van der Waals surface area contributed by atoms with Crippen LogP contribution in [0.15, 0.2) is 28.7 Å². The molecular weight excluding hydrogens is 388 g/mol. The molecule has 0 saturated carbocycles. The quantitative estimate of drug-likeness (QED) is 0.706. The SMILES string of the molecule is O=C(COc1ccc(Br)cc1)NNC(=O)C[C@H]1CCS(=O)(=O)C1. The molecule has 0 aromatic heterocycles. The van der Waals surface area contributed by atoms with E-state index in [2.05, 4.69) is 26.8 Å². The highest BCUT2D eigenvalue weighted by molar-refractivity contribution is 9.10. The highest BCUT2D eigenvalue weighted by atomic mass is 79.9. The zero-order valence-corrected chi connectivity index (χ0v) is 14.7. The van der Waals surface area contributed by atoms with E-state index >= 15 is 0 Å². The molecule has 0 spiro atoms. The highest BCUT2D eigenvalue weighted by Gasteiger charge is 2.29. The Morgan fingerprint density at radius 1 is 1.17 bits per heavy atom. The molecule has 1 saturated heterocycles. The molecule has 0 radical (unpaired) electrons. The van der Waals surface area contributed by atoms with Gasteiger partial charge in [-0.3, -0.25) is 20.4 Å². The van der Waals surface area contributed by atoms with E-state index in [4.69, 9.17) is 4.74 Å². The van der Waals surface area contributed by atoms with Gasteiger partial charge < -0.3 is 4.74 Å². The smallest absolute Gasteiger partial charge is 0.276 e. The Kier molecular flexibility index (Phi) is 6.00. The maximum absolute atomic E-state index is 11.7. The van der Waals surface area contributed by atoms with Gasteiger partial charge in [-0.1, -0.05) is 15.9 Å². The molecule has 1 heterocycles. The summed E-state index contributed by atoms with van der Waals surface area (Å²) in [6.07, 6.45) is 0.559. The van der Waals surface area contributed by atoms with Gasteiger partial charge in [-0.25, -0.2) is 8.42 Å². The first-order chi connectivity index (χ1) is 10.8. The number of nitrogens with one attached hydrogen (secondary N) is 2. The molecule has 2 N–H and O–H groups in total. The zero-order valence-electron chi connectivity index (χ0n) is 12.2. The van der Waals surface area contributed by atoms with Crippen molar-refractivity contribution in [1.82, 2.24) is 10.9 Å². The molecule has 2 rings (SSSR count). The van der Waals surface area contributed by atoms with Crippen LogP contribution in [0.5, 0.6) is 5.75 Å². The average molecular weight is 405 g/mol. The lowest BCUT2D eigenvalue weighted by atomic mass is 10.1. The Hall–Kier alpha value is -1.61. The van der Waals surface area contributed by atoms with Crippen LogP contribution in [0.25, 0.3) is 0 Å².